The lowest BCUT2D eigenvalue weighted by molar-refractivity contribution is 0.132. The van der Waals surface area contributed by atoms with E-state index in [4.69, 9.17) is 16.3 Å². The minimum atomic E-state index is -0.580. The molecule has 2 aromatic carbocycles. The SMILES string of the molecule is O=C1N[C@@H](c2ccc(C#Cc3cccc(Cl)c3)cn2)[C@H](c2ccc(F)cc2)O1. The number of nitrogens with one attached hydrogen (secondary N) is 1. The highest BCUT2D eigenvalue weighted by molar-refractivity contribution is 6.30. The monoisotopic (exact) mass is 392 g/mol. The third-order valence-electron chi connectivity index (χ3n) is 4.29. The van der Waals surface area contributed by atoms with Crippen molar-refractivity contribution < 1.29 is 13.9 Å². The molecule has 3 aromatic rings. The zero-order chi connectivity index (χ0) is 19.5. The number of halogens is 2. The van der Waals surface area contributed by atoms with Crippen molar-refractivity contribution in [3.05, 3.63) is 100 Å². The number of hydrogen-bond donors (Lipinski definition) is 1. The van der Waals surface area contributed by atoms with E-state index in [9.17, 15) is 9.18 Å². The van der Waals surface area contributed by atoms with Crippen molar-refractivity contribution in [2.24, 2.45) is 0 Å². The van der Waals surface area contributed by atoms with Crippen LogP contribution in [0.1, 0.15) is 34.5 Å². The van der Waals surface area contributed by atoms with Gasteiger partial charge in [-0.15, -0.1) is 0 Å². The summed E-state index contributed by atoms with van der Waals surface area (Å²) in [6, 6.07) is 16.3. The van der Waals surface area contributed by atoms with E-state index in [1.54, 1.807) is 36.5 Å². The summed E-state index contributed by atoms with van der Waals surface area (Å²) >= 11 is 5.96. The number of pyridine rings is 1. The summed E-state index contributed by atoms with van der Waals surface area (Å²) in [5.41, 5.74) is 2.86. The Morgan fingerprint density at radius 2 is 1.82 bits per heavy atom. The molecule has 4 rings (SSSR count). The molecule has 1 fully saturated rings. The van der Waals surface area contributed by atoms with Gasteiger partial charge in [0.05, 0.1) is 5.69 Å². The second kappa shape index (κ2) is 7.71. The van der Waals surface area contributed by atoms with Crippen LogP contribution in [-0.2, 0) is 4.74 Å². The van der Waals surface area contributed by atoms with E-state index in [1.807, 2.05) is 18.2 Å². The predicted octanol–water partition coefficient (Wildman–Crippen LogP) is 4.80. The molecule has 4 nitrogen and oxygen atoms in total. The molecule has 0 saturated carbocycles. The fourth-order valence-electron chi connectivity index (χ4n) is 2.94. The first-order valence-corrected chi connectivity index (χ1v) is 8.92. The van der Waals surface area contributed by atoms with Crippen LogP contribution in [0.5, 0.6) is 0 Å². The van der Waals surface area contributed by atoms with Crippen LogP contribution in [0.25, 0.3) is 0 Å². The number of aromatic nitrogens is 1. The topological polar surface area (TPSA) is 51.2 Å². The van der Waals surface area contributed by atoms with Crippen LogP contribution in [0.2, 0.25) is 5.02 Å². The Labute approximate surface area is 166 Å². The van der Waals surface area contributed by atoms with Gasteiger partial charge in [-0.3, -0.25) is 4.98 Å². The molecule has 0 spiro atoms. The predicted molar refractivity (Wildman–Crippen MR) is 103 cm³/mol. The molecule has 2 atom stereocenters. The first-order valence-electron chi connectivity index (χ1n) is 8.55. The molecule has 1 amide bonds. The molecule has 6 heteroatoms. The molecule has 0 bridgehead atoms. The highest BCUT2D eigenvalue weighted by Gasteiger charge is 2.37. The van der Waals surface area contributed by atoms with Gasteiger partial charge in [-0.05, 0) is 48.0 Å². The molecule has 1 aliphatic heterocycles. The van der Waals surface area contributed by atoms with Crippen LogP contribution in [0, 0.1) is 17.7 Å². The van der Waals surface area contributed by atoms with Gasteiger partial charge in [0.25, 0.3) is 0 Å². The van der Waals surface area contributed by atoms with E-state index in [2.05, 4.69) is 22.1 Å². The number of alkyl carbamates (subject to hydrolysis) is 1. The fourth-order valence-corrected chi connectivity index (χ4v) is 3.13. The molecular formula is C22H14ClFN2O2. The van der Waals surface area contributed by atoms with Gasteiger partial charge >= 0.3 is 6.09 Å². The molecule has 28 heavy (non-hydrogen) atoms. The number of amides is 1. The summed E-state index contributed by atoms with van der Waals surface area (Å²) in [5.74, 6) is 5.72. The number of nitrogens with zero attached hydrogens (tertiary/aromatic N) is 1. The second-order valence-corrected chi connectivity index (χ2v) is 6.67. The van der Waals surface area contributed by atoms with Crippen LogP contribution < -0.4 is 5.32 Å². The van der Waals surface area contributed by atoms with Crippen molar-refractivity contribution in [3.8, 4) is 11.8 Å². The maximum absolute atomic E-state index is 13.2. The maximum atomic E-state index is 13.2. The summed E-state index contributed by atoms with van der Waals surface area (Å²) in [7, 11) is 0. The Hall–Kier alpha value is -3.36. The van der Waals surface area contributed by atoms with E-state index >= 15 is 0 Å². The normalized spacial score (nSPS) is 18.0. The van der Waals surface area contributed by atoms with Crippen molar-refractivity contribution in [3.63, 3.8) is 0 Å². The number of rotatable bonds is 2. The molecule has 1 aromatic heterocycles. The third-order valence-corrected chi connectivity index (χ3v) is 4.52. The summed E-state index contributed by atoms with van der Waals surface area (Å²) in [5, 5.41) is 3.38. The molecule has 0 aliphatic carbocycles. The van der Waals surface area contributed by atoms with E-state index in [0.717, 1.165) is 11.1 Å². The van der Waals surface area contributed by atoms with Gasteiger partial charge in [0, 0.05) is 22.3 Å². The van der Waals surface area contributed by atoms with Gasteiger partial charge in [-0.2, -0.15) is 0 Å². The van der Waals surface area contributed by atoms with E-state index in [-0.39, 0.29) is 5.82 Å². The standard InChI is InChI=1S/C22H14ClFN2O2/c23-17-3-1-2-14(12-17)4-5-15-6-11-19(25-13-15)20-21(28-22(27)26-20)16-7-9-18(24)10-8-16/h1-3,6-13,20-21H,(H,26,27)/t20-,21-/m0/s1. The Kier molecular flexibility index (Phi) is 4.96. The molecular weight excluding hydrogens is 379 g/mol. The van der Waals surface area contributed by atoms with Gasteiger partial charge in [0.2, 0.25) is 0 Å². The minimum Gasteiger partial charge on any atom is -0.439 e. The maximum Gasteiger partial charge on any atom is 0.408 e. The molecule has 0 radical (unpaired) electrons. The first kappa shape index (κ1) is 18.0. The zero-order valence-corrected chi connectivity index (χ0v) is 15.3. The highest BCUT2D eigenvalue weighted by Crippen LogP contribution is 2.35. The van der Waals surface area contributed by atoms with Gasteiger partial charge in [0.1, 0.15) is 11.9 Å². The summed E-state index contributed by atoms with van der Waals surface area (Å²) in [4.78, 5) is 16.2. The van der Waals surface area contributed by atoms with Crippen LogP contribution in [0.3, 0.4) is 0 Å². The summed E-state index contributed by atoms with van der Waals surface area (Å²) < 4.78 is 18.5. The largest absolute Gasteiger partial charge is 0.439 e. The van der Waals surface area contributed by atoms with Crippen LogP contribution in [0.4, 0.5) is 9.18 Å². The highest BCUT2D eigenvalue weighted by atomic mass is 35.5. The van der Waals surface area contributed by atoms with Crippen LogP contribution in [0.15, 0.2) is 66.9 Å². The van der Waals surface area contributed by atoms with E-state index in [1.165, 1.54) is 12.1 Å². The second-order valence-electron chi connectivity index (χ2n) is 6.23. The van der Waals surface area contributed by atoms with E-state index < -0.39 is 18.2 Å². The molecule has 1 N–H and O–H groups in total. The van der Waals surface area contributed by atoms with Crippen molar-refractivity contribution in [1.82, 2.24) is 10.3 Å². The first-order chi connectivity index (χ1) is 13.6. The average molecular weight is 393 g/mol. The molecule has 1 saturated heterocycles. The number of cyclic esters (lactones) is 1. The van der Waals surface area contributed by atoms with Crippen LogP contribution >= 0.6 is 11.6 Å². The molecule has 2 heterocycles. The van der Waals surface area contributed by atoms with E-state index in [0.29, 0.717) is 16.3 Å². The smallest absolute Gasteiger partial charge is 0.408 e. The third kappa shape index (κ3) is 3.98. The van der Waals surface area contributed by atoms with Gasteiger partial charge in [0.15, 0.2) is 6.10 Å². The van der Waals surface area contributed by atoms with Crippen molar-refractivity contribution in [1.29, 1.82) is 0 Å². The average Bonchev–Trinajstić information content (AvgIpc) is 3.09. The number of carbonyl (C=O) groups excluding carboxylic acids is 1. The van der Waals surface area contributed by atoms with Crippen LogP contribution in [-0.4, -0.2) is 11.1 Å². The number of ether oxygens (including phenoxy) is 1. The number of hydrogen-bond acceptors (Lipinski definition) is 3. The Bertz CT molecular complexity index is 1070. The summed E-state index contributed by atoms with van der Waals surface area (Å²) in [6.45, 7) is 0. The van der Waals surface area contributed by atoms with Gasteiger partial charge < -0.3 is 10.1 Å². The quantitative estimate of drug-likeness (QED) is 0.637. The Balaban J connectivity index is 1.56. The Morgan fingerprint density at radius 3 is 2.54 bits per heavy atom. The number of benzene rings is 2. The van der Waals surface area contributed by atoms with Gasteiger partial charge in [-0.1, -0.05) is 41.6 Å². The Morgan fingerprint density at radius 1 is 1.04 bits per heavy atom. The molecule has 0 unspecified atom stereocenters. The van der Waals surface area contributed by atoms with Gasteiger partial charge in [-0.25, -0.2) is 9.18 Å². The minimum absolute atomic E-state index is 0.349. The van der Waals surface area contributed by atoms with Crippen molar-refractivity contribution in [2.75, 3.05) is 0 Å². The summed E-state index contributed by atoms with van der Waals surface area (Å²) in [6.07, 6.45) is 0.522. The lowest BCUT2D eigenvalue weighted by Crippen LogP contribution is -2.20. The van der Waals surface area contributed by atoms with Crippen molar-refractivity contribution >= 4 is 17.7 Å². The molecule has 1 aliphatic rings. The van der Waals surface area contributed by atoms with Crippen molar-refractivity contribution in [2.45, 2.75) is 12.1 Å². The fraction of sp³-hybridized carbons (Fsp3) is 0.0909. The number of carbonyl (C=O) groups is 1. The zero-order valence-electron chi connectivity index (χ0n) is 14.5. The lowest BCUT2D eigenvalue weighted by Gasteiger charge is -2.16. The molecule has 138 valence electrons. The lowest BCUT2D eigenvalue weighted by atomic mass is 9.99.